The molecule has 0 aliphatic rings. The minimum atomic E-state index is -1.08. The van der Waals surface area contributed by atoms with Gasteiger partial charge in [0.25, 0.3) is 0 Å². The molecule has 0 radical (unpaired) electrons. The zero-order valence-corrected chi connectivity index (χ0v) is 21.4. The number of nitrogens with one attached hydrogen (secondary N) is 1. The fourth-order valence-corrected chi connectivity index (χ4v) is 3.99. The quantitative estimate of drug-likeness (QED) is 0.168. The van der Waals surface area contributed by atoms with Gasteiger partial charge in [0.1, 0.15) is 35.2 Å². The number of hydrogen-bond acceptors (Lipinski definition) is 6. The highest BCUT2D eigenvalue weighted by atomic mass is 35.5. The first kappa shape index (κ1) is 27.0. The summed E-state index contributed by atoms with van der Waals surface area (Å²) in [6, 6.07) is 25.4. The first-order valence-corrected chi connectivity index (χ1v) is 12.4. The molecule has 196 valence electrons. The molecule has 0 heterocycles. The van der Waals surface area contributed by atoms with Gasteiger partial charge in [-0.15, -0.1) is 0 Å². The Labute approximate surface area is 225 Å². The van der Waals surface area contributed by atoms with Crippen LogP contribution in [0.5, 0.6) is 23.0 Å². The number of aliphatic hydroxyl groups excluding tert-OH is 1. The summed E-state index contributed by atoms with van der Waals surface area (Å²) in [6.45, 7) is 2.81. The summed E-state index contributed by atoms with van der Waals surface area (Å²) in [5, 5.41) is 33.2. The van der Waals surface area contributed by atoms with Crippen LogP contribution >= 0.6 is 11.6 Å². The highest BCUT2D eigenvalue weighted by Gasteiger charge is 2.16. The van der Waals surface area contributed by atoms with Crippen molar-refractivity contribution in [3.05, 3.63) is 107 Å². The number of aromatic hydroxyl groups is 1. The minimum Gasteiger partial charge on any atom is -0.508 e. The van der Waals surface area contributed by atoms with Crippen LogP contribution in [0, 0.1) is 0 Å². The minimum absolute atomic E-state index is 0.0564. The molecule has 0 unspecified atom stereocenters. The maximum Gasteiger partial charge on any atom is 0.339 e. The molecule has 0 saturated heterocycles. The Bertz CT molecular complexity index is 1360. The van der Waals surface area contributed by atoms with Crippen LogP contribution in [0.15, 0.2) is 91.0 Å². The number of aliphatic hydroxyl groups is 1. The van der Waals surface area contributed by atoms with Gasteiger partial charge in [0.2, 0.25) is 0 Å². The third kappa shape index (κ3) is 7.04. The Kier molecular flexibility index (Phi) is 8.86. The molecule has 2 atom stereocenters. The first-order chi connectivity index (χ1) is 18.3. The van der Waals surface area contributed by atoms with E-state index >= 15 is 0 Å². The summed E-state index contributed by atoms with van der Waals surface area (Å²) >= 11 is 5.93. The van der Waals surface area contributed by atoms with Crippen LogP contribution in [-0.4, -0.2) is 40.5 Å². The van der Waals surface area contributed by atoms with E-state index < -0.39 is 12.1 Å². The number of ether oxygens (including phenoxy) is 2. The molecule has 0 amide bonds. The molecule has 0 aliphatic heterocycles. The van der Waals surface area contributed by atoms with Gasteiger partial charge in [-0.3, -0.25) is 0 Å². The SMILES string of the molecule is C[C@@H](NCCOc1ccc(-c2ccc(C(=O)O)c(Oc3ccc(Cl)cc3)c2)cc1)[C@@H](O)c1ccc(O)cc1. The van der Waals surface area contributed by atoms with Crippen molar-refractivity contribution in [3.8, 4) is 34.1 Å². The van der Waals surface area contributed by atoms with Gasteiger partial charge >= 0.3 is 5.97 Å². The molecular weight excluding hydrogens is 506 g/mol. The van der Waals surface area contributed by atoms with Gasteiger partial charge in [-0.1, -0.05) is 41.9 Å². The van der Waals surface area contributed by atoms with Crippen LogP contribution in [0.3, 0.4) is 0 Å². The maximum atomic E-state index is 11.7. The van der Waals surface area contributed by atoms with Crippen molar-refractivity contribution in [2.75, 3.05) is 13.2 Å². The lowest BCUT2D eigenvalue weighted by Crippen LogP contribution is -2.35. The molecule has 0 aromatic heterocycles. The average Bonchev–Trinajstić information content (AvgIpc) is 2.92. The summed E-state index contributed by atoms with van der Waals surface area (Å²) in [7, 11) is 0. The van der Waals surface area contributed by atoms with E-state index in [-0.39, 0.29) is 23.1 Å². The number of carboxylic acid groups (broad SMARTS) is 1. The second kappa shape index (κ2) is 12.5. The van der Waals surface area contributed by atoms with E-state index in [0.717, 1.165) is 16.7 Å². The molecule has 4 rings (SSSR count). The molecule has 0 bridgehead atoms. The van der Waals surface area contributed by atoms with Crippen molar-refractivity contribution >= 4 is 17.6 Å². The third-order valence-corrected chi connectivity index (χ3v) is 6.24. The van der Waals surface area contributed by atoms with Gasteiger partial charge in [-0.2, -0.15) is 0 Å². The normalized spacial score (nSPS) is 12.5. The number of phenolic OH excluding ortho intramolecular Hbond substituents is 1. The van der Waals surface area contributed by atoms with Crippen LogP contribution in [0.25, 0.3) is 11.1 Å². The van der Waals surface area contributed by atoms with Gasteiger partial charge < -0.3 is 30.1 Å². The molecule has 38 heavy (non-hydrogen) atoms. The summed E-state index contributed by atoms with van der Waals surface area (Å²) in [6.07, 6.45) is -0.712. The predicted octanol–water partition coefficient (Wildman–Crippen LogP) is 6.29. The van der Waals surface area contributed by atoms with E-state index in [2.05, 4.69) is 5.32 Å². The van der Waals surface area contributed by atoms with Crippen LogP contribution in [0.4, 0.5) is 0 Å². The lowest BCUT2D eigenvalue weighted by Gasteiger charge is -2.21. The Hall–Kier alpha value is -4.04. The van der Waals surface area contributed by atoms with Crippen LogP contribution < -0.4 is 14.8 Å². The van der Waals surface area contributed by atoms with E-state index in [1.165, 1.54) is 6.07 Å². The lowest BCUT2D eigenvalue weighted by atomic mass is 10.0. The standard InChI is InChI=1S/C30H28ClNO6/c1-19(29(34)21-2-9-24(33)10-3-21)32-16-17-37-25-11-4-20(5-12-25)22-6-15-27(30(35)36)28(18-22)38-26-13-7-23(31)8-14-26/h2-15,18-19,29,32-34H,16-17H2,1H3,(H,35,36)/t19-,29-/m1/s1. The molecule has 4 aromatic rings. The number of carboxylic acids is 1. The largest absolute Gasteiger partial charge is 0.508 e. The van der Waals surface area contributed by atoms with Crippen molar-refractivity contribution in [3.63, 3.8) is 0 Å². The van der Waals surface area contributed by atoms with Crippen molar-refractivity contribution < 1.29 is 29.6 Å². The van der Waals surface area contributed by atoms with Gasteiger partial charge in [0.05, 0.1) is 6.10 Å². The summed E-state index contributed by atoms with van der Waals surface area (Å²) < 4.78 is 11.7. The number of benzene rings is 4. The number of phenols is 1. The Balaban J connectivity index is 1.34. The Morgan fingerprint density at radius 3 is 2.18 bits per heavy atom. The van der Waals surface area contributed by atoms with E-state index in [0.29, 0.717) is 29.7 Å². The molecule has 0 saturated carbocycles. The molecule has 4 aromatic carbocycles. The monoisotopic (exact) mass is 533 g/mol. The van der Waals surface area contributed by atoms with Crippen molar-refractivity contribution in [1.82, 2.24) is 5.32 Å². The highest BCUT2D eigenvalue weighted by Crippen LogP contribution is 2.32. The zero-order valence-electron chi connectivity index (χ0n) is 20.7. The Morgan fingerprint density at radius 1 is 0.895 bits per heavy atom. The van der Waals surface area contributed by atoms with Gasteiger partial charge in [0, 0.05) is 17.6 Å². The van der Waals surface area contributed by atoms with E-state index in [1.807, 2.05) is 31.2 Å². The fraction of sp³-hybridized carbons (Fsp3) is 0.167. The number of aromatic carboxylic acids is 1. The topological polar surface area (TPSA) is 108 Å². The van der Waals surface area contributed by atoms with Gasteiger partial charge in [-0.25, -0.2) is 4.79 Å². The number of carbonyl (C=O) groups is 1. The molecular formula is C30H28ClNO6. The van der Waals surface area contributed by atoms with Crippen LogP contribution in [-0.2, 0) is 0 Å². The van der Waals surface area contributed by atoms with Crippen LogP contribution in [0.1, 0.15) is 28.9 Å². The van der Waals surface area contributed by atoms with Gasteiger partial charge in [0.15, 0.2) is 0 Å². The van der Waals surface area contributed by atoms with Crippen molar-refractivity contribution in [1.29, 1.82) is 0 Å². The zero-order chi connectivity index (χ0) is 27.1. The molecule has 0 aliphatic carbocycles. The van der Waals surface area contributed by atoms with E-state index in [4.69, 9.17) is 21.1 Å². The summed E-state index contributed by atoms with van der Waals surface area (Å²) in [4.78, 5) is 11.7. The molecule has 0 spiro atoms. The third-order valence-electron chi connectivity index (χ3n) is 5.99. The summed E-state index contributed by atoms with van der Waals surface area (Å²) in [5.74, 6) is 0.471. The van der Waals surface area contributed by atoms with E-state index in [1.54, 1.807) is 60.7 Å². The number of halogens is 1. The molecule has 0 fully saturated rings. The van der Waals surface area contributed by atoms with Crippen molar-refractivity contribution in [2.45, 2.75) is 19.1 Å². The number of hydrogen-bond donors (Lipinski definition) is 4. The Morgan fingerprint density at radius 2 is 1.53 bits per heavy atom. The van der Waals surface area contributed by atoms with Gasteiger partial charge in [-0.05, 0) is 84.3 Å². The maximum absolute atomic E-state index is 11.7. The first-order valence-electron chi connectivity index (χ1n) is 12.0. The molecule has 7 nitrogen and oxygen atoms in total. The fourth-order valence-electron chi connectivity index (χ4n) is 3.86. The number of rotatable bonds is 11. The van der Waals surface area contributed by atoms with Crippen molar-refractivity contribution in [2.24, 2.45) is 0 Å². The predicted molar refractivity (Wildman–Crippen MR) is 146 cm³/mol. The second-order valence-electron chi connectivity index (χ2n) is 8.72. The lowest BCUT2D eigenvalue weighted by molar-refractivity contribution is 0.0694. The average molecular weight is 534 g/mol. The van der Waals surface area contributed by atoms with Crippen LogP contribution in [0.2, 0.25) is 5.02 Å². The highest BCUT2D eigenvalue weighted by molar-refractivity contribution is 6.30. The van der Waals surface area contributed by atoms with E-state index in [9.17, 15) is 20.1 Å². The molecule has 8 heteroatoms. The second-order valence-corrected chi connectivity index (χ2v) is 9.16. The summed E-state index contributed by atoms with van der Waals surface area (Å²) in [5.41, 5.74) is 2.45. The molecule has 4 N–H and O–H groups in total. The smallest absolute Gasteiger partial charge is 0.339 e.